The predicted molar refractivity (Wildman–Crippen MR) is 86.1 cm³/mol. The van der Waals surface area contributed by atoms with Crippen molar-refractivity contribution in [3.63, 3.8) is 0 Å². The van der Waals surface area contributed by atoms with Crippen LogP contribution in [-0.2, 0) is 9.47 Å². The number of amides is 2. The number of nitrogens with zero attached hydrogens (tertiary/aromatic N) is 1. The first-order valence-electron chi connectivity index (χ1n) is 7.29. The highest BCUT2D eigenvalue weighted by atomic mass is 19.1. The highest BCUT2D eigenvalue weighted by Crippen LogP contribution is 2.23. The molecule has 24 heavy (non-hydrogen) atoms. The summed E-state index contributed by atoms with van der Waals surface area (Å²) in [6.07, 6.45) is -1.89. The number of carbonyl (C=O) groups is 2. The van der Waals surface area contributed by atoms with Gasteiger partial charge in [-0.2, -0.15) is 5.01 Å². The number of halogens is 1. The van der Waals surface area contributed by atoms with E-state index >= 15 is 0 Å². The first-order chi connectivity index (χ1) is 10.8. The second-order valence-electron chi connectivity index (χ2n) is 7.10. The van der Waals surface area contributed by atoms with E-state index in [-0.39, 0.29) is 5.69 Å². The molecule has 0 aliphatic rings. The second kappa shape index (κ2) is 6.94. The number of ether oxygens (including phenoxy) is 2. The summed E-state index contributed by atoms with van der Waals surface area (Å²) < 4.78 is 23.8. The average molecular weight is 342 g/mol. The molecule has 1 aromatic carbocycles. The average Bonchev–Trinajstić information content (AvgIpc) is 2.30. The number of carbonyl (C=O) groups excluding carboxylic acids is 2. The number of rotatable bonds is 1. The molecular weight excluding hydrogens is 319 g/mol. The molecule has 2 N–H and O–H groups in total. The molecule has 8 heteroatoms. The Bertz CT molecular complexity index is 600. The van der Waals surface area contributed by atoms with Gasteiger partial charge in [-0.15, -0.1) is 0 Å². The summed E-state index contributed by atoms with van der Waals surface area (Å²) >= 11 is 0. The highest BCUT2D eigenvalue weighted by molar-refractivity contribution is 5.91. The third-order valence-corrected chi connectivity index (χ3v) is 2.30. The summed E-state index contributed by atoms with van der Waals surface area (Å²) in [6, 6.07) is 2.93. The Balaban J connectivity index is 3.11. The lowest BCUT2D eigenvalue weighted by Crippen LogP contribution is -2.50. The van der Waals surface area contributed by atoms with Crippen LogP contribution in [0.25, 0.3) is 0 Å². The van der Waals surface area contributed by atoms with Gasteiger partial charge in [0, 0.05) is 12.1 Å². The number of nitrogens with one attached hydrogen (secondary N) is 1. The van der Waals surface area contributed by atoms with Crippen LogP contribution < -0.4 is 10.4 Å². The minimum atomic E-state index is -0.960. The van der Waals surface area contributed by atoms with Crippen molar-refractivity contribution in [1.29, 1.82) is 0 Å². The zero-order valence-electron chi connectivity index (χ0n) is 14.6. The molecule has 2 amide bonds. The molecule has 0 aliphatic heterocycles. The molecule has 0 atom stereocenters. The van der Waals surface area contributed by atoms with Gasteiger partial charge in [0.05, 0.1) is 5.69 Å². The molecule has 0 saturated carbocycles. The maximum atomic E-state index is 13.5. The molecule has 1 aromatic rings. The molecular formula is C16H23FN2O5. The van der Waals surface area contributed by atoms with Crippen LogP contribution in [0, 0.1) is 5.82 Å². The van der Waals surface area contributed by atoms with Crippen LogP contribution in [0.5, 0.6) is 5.75 Å². The van der Waals surface area contributed by atoms with E-state index in [1.54, 1.807) is 41.5 Å². The monoisotopic (exact) mass is 342 g/mol. The summed E-state index contributed by atoms with van der Waals surface area (Å²) in [6.45, 7) is 9.87. The molecule has 7 nitrogen and oxygen atoms in total. The minimum absolute atomic E-state index is 0.118. The number of anilines is 1. The number of phenols is 1. The Morgan fingerprint density at radius 1 is 1.04 bits per heavy atom. The van der Waals surface area contributed by atoms with Crippen molar-refractivity contribution in [1.82, 2.24) is 5.43 Å². The summed E-state index contributed by atoms with van der Waals surface area (Å²) in [4.78, 5) is 24.3. The van der Waals surface area contributed by atoms with Crippen molar-refractivity contribution in [2.24, 2.45) is 0 Å². The summed E-state index contributed by atoms with van der Waals surface area (Å²) in [7, 11) is 0. The molecule has 0 heterocycles. The van der Waals surface area contributed by atoms with E-state index in [4.69, 9.17) is 9.47 Å². The van der Waals surface area contributed by atoms with Gasteiger partial charge in [-0.25, -0.2) is 19.4 Å². The van der Waals surface area contributed by atoms with Gasteiger partial charge in [0.25, 0.3) is 0 Å². The van der Waals surface area contributed by atoms with Crippen LogP contribution >= 0.6 is 0 Å². The maximum absolute atomic E-state index is 13.5. The Morgan fingerprint density at radius 3 is 2.04 bits per heavy atom. The molecule has 0 aromatic heterocycles. The number of aromatic hydroxyl groups is 1. The first kappa shape index (κ1) is 19.5. The van der Waals surface area contributed by atoms with Gasteiger partial charge in [0.15, 0.2) is 0 Å². The number of hydrogen-bond acceptors (Lipinski definition) is 5. The number of phenolic OH excluding ortho intramolecular Hbond substituents is 1. The summed E-state index contributed by atoms with van der Waals surface area (Å²) in [5, 5.41) is 10.2. The molecule has 0 bridgehead atoms. The molecule has 0 aliphatic carbocycles. The summed E-state index contributed by atoms with van der Waals surface area (Å²) in [5.74, 6) is -1.20. The second-order valence-corrected chi connectivity index (χ2v) is 7.10. The third-order valence-electron chi connectivity index (χ3n) is 2.30. The largest absolute Gasteiger partial charge is 0.508 e. The maximum Gasteiger partial charge on any atom is 0.434 e. The zero-order valence-corrected chi connectivity index (χ0v) is 14.6. The number of benzene rings is 1. The fraction of sp³-hybridized carbons (Fsp3) is 0.500. The van der Waals surface area contributed by atoms with Crippen molar-refractivity contribution in [3.05, 3.63) is 24.0 Å². The number of hydrogen-bond donors (Lipinski definition) is 2. The topological polar surface area (TPSA) is 88.1 Å². The lowest BCUT2D eigenvalue weighted by Gasteiger charge is -2.28. The first-order valence-corrected chi connectivity index (χ1v) is 7.29. The van der Waals surface area contributed by atoms with E-state index in [1.807, 2.05) is 0 Å². The molecule has 134 valence electrons. The van der Waals surface area contributed by atoms with Crippen LogP contribution in [0.1, 0.15) is 41.5 Å². The van der Waals surface area contributed by atoms with Crippen molar-refractivity contribution >= 4 is 17.9 Å². The van der Waals surface area contributed by atoms with E-state index in [0.29, 0.717) is 5.01 Å². The fourth-order valence-electron chi connectivity index (χ4n) is 1.60. The SMILES string of the molecule is CC(C)(C)OC(=O)NN(C(=O)OC(C)(C)C)c1cc(O)cc(F)c1. The fourth-order valence-corrected chi connectivity index (χ4v) is 1.60. The van der Waals surface area contributed by atoms with Crippen LogP contribution in [0.3, 0.4) is 0 Å². The zero-order chi connectivity index (χ0) is 18.7. The molecule has 0 fully saturated rings. The molecule has 0 saturated heterocycles. The minimum Gasteiger partial charge on any atom is -0.508 e. The number of hydrazine groups is 1. The van der Waals surface area contributed by atoms with E-state index < -0.39 is 35.0 Å². The van der Waals surface area contributed by atoms with E-state index in [1.165, 1.54) is 0 Å². The van der Waals surface area contributed by atoms with Crippen LogP contribution in [0.15, 0.2) is 18.2 Å². The molecule has 0 radical (unpaired) electrons. The van der Waals surface area contributed by atoms with Crippen LogP contribution in [-0.4, -0.2) is 28.5 Å². The lowest BCUT2D eigenvalue weighted by molar-refractivity contribution is 0.0425. The van der Waals surface area contributed by atoms with Gasteiger partial charge in [-0.1, -0.05) is 0 Å². The van der Waals surface area contributed by atoms with Crippen LogP contribution in [0.2, 0.25) is 0 Å². The van der Waals surface area contributed by atoms with Gasteiger partial charge in [-0.3, -0.25) is 0 Å². The Kier molecular flexibility index (Phi) is 5.65. The smallest absolute Gasteiger partial charge is 0.434 e. The van der Waals surface area contributed by atoms with Gasteiger partial charge < -0.3 is 14.6 Å². The van der Waals surface area contributed by atoms with Gasteiger partial charge >= 0.3 is 12.2 Å². The van der Waals surface area contributed by atoms with Gasteiger partial charge in [0.2, 0.25) is 0 Å². The quantitative estimate of drug-likeness (QED) is 0.760. The van der Waals surface area contributed by atoms with Crippen molar-refractivity contribution in [2.75, 3.05) is 5.01 Å². The van der Waals surface area contributed by atoms with Crippen LogP contribution in [0.4, 0.5) is 19.7 Å². The normalized spacial score (nSPS) is 11.6. The van der Waals surface area contributed by atoms with E-state index in [2.05, 4.69) is 5.43 Å². The molecule has 0 spiro atoms. The summed E-state index contributed by atoms with van der Waals surface area (Å²) in [5.41, 5.74) is 0.424. The lowest BCUT2D eigenvalue weighted by atomic mass is 10.2. The van der Waals surface area contributed by atoms with Gasteiger partial charge in [-0.05, 0) is 47.6 Å². The van der Waals surface area contributed by atoms with Crippen molar-refractivity contribution < 1.29 is 28.6 Å². The van der Waals surface area contributed by atoms with Crippen molar-refractivity contribution in [3.8, 4) is 5.75 Å². The third kappa shape index (κ3) is 6.72. The van der Waals surface area contributed by atoms with E-state index in [9.17, 15) is 19.1 Å². The Hall–Kier alpha value is -2.51. The standard InChI is InChI=1S/C16H23FN2O5/c1-15(2,3)23-13(21)18-19(14(22)24-16(4,5)6)11-7-10(17)8-12(20)9-11/h7-9,20H,1-6H3,(H,18,21). The Labute approximate surface area is 140 Å². The van der Waals surface area contributed by atoms with Crippen molar-refractivity contribution in [2.45, 2.75) is 52.7 Å². The predicted octanol–water partition coefficient (Wildman–Crippen LogP) is 3.71. The van der Waals surface area contributed by atoms with Gasteiger partial charge in [0.1, 0.15) is 22.8 Å². The van der Waals surface area contributed by atoms with E-state index in [0.717, 1.165) is 18.2 Å². The highest BCUT2D eigenvalue weighted by Gasteiger charge is 2.27. The Morgan fingerprint density at radius 2 is 1.58 bits per heavy atom. The molecule has 0 unspecified atom stereocenters. The molecule has 1 rings (SSSR count).